The van der Waals surface area contributed by atoms with Gasteiger partial charge in [0.1, 0.15) is 11.5 Å². The number of halogens is 1. The minimum absolute atomic E-state index is 0.144. The smallest absolute Gasteiger partial charge is 0.234 e. The summed E-state index contributed by atoms with van der Waals surface area (Å²) in [6.45, 7) is 0. The number of methoxy groups -OCH3 is 2. The maximum Gasteiger partial charge on any atom is 0.234 e. The number of nitrogens with one attached hydrogen (secondary N) is 1. The quantitative estimate of drug-likeness (QED) is 0.336. The number of hydrogen-bond acceptors (Lipinski definition) is 7. The van der Waals surface area contributed by atoms with Crippen LogP contribution in [0, 0.1) is 0 Å². The fourth-order valence-corrected chi connectivity index (χ4v) is 4.55. The lowest BCUT2D eigenvalue weighted by Gasteiger charge is -2.12. The highest BCUT2D eigenvalue weighted by Crippen LogP contribution is 2.32. The zero-order valence-corrected chi connectivity index (χ0v) is 19.6. The molecule has 2 aromatic heterocycles. The number of amides is 1. The third kappa shape index (κ3) is 4.90. The van der Waals surface area contributed by atoms with Crippen LogP contribution in [0.25, 0.3) is 16.4 Å². The van der Waals surface area contributed by atoms with Crippen LogP contribution in [0.4, 0.5) is 5.69 Å². The van der Waals surface area contributed by atoms with E-state index in [1.807, 2.05) is 46.3 Å². The van der Waals surface area contributed by atoms with E-state index < -0.39 is 0 Å². The van der Waals surface area contributed by atoms with Gasteiger partial charge in [0.25, 0.3) is 0 Å². The largest absolute Gasteiger partial charge is 0.497 e. The van der Waals surface area contributed by atoms with Crippen LogP contribution in [0.5, 0.6) is 11.5 Å². The van der Waals surface area contributed by atoms with E-state index >= 15 is 0 Å². The van der Waals surface area contributed by atoms with E-state index in [1.165, 1.54) is 11.8 Å². The van der Waals surface area contributed by atoms with Gasteiger partial charge in [-0.2, -0.15) is 0 Å². The van der Waals surface area contributed by atoms with Gasteiger partial charge in [-0.3, -0.25) is 9.36 Å². The number of carbonyl (C=O) groups excluding carboxylic acids is 1. The number of thiophene rings is 1. The van der Waals surface area contributed by atoms with Crippen LogP contribution >= 0.6 is 34.7 Å². The summed E-state index contributed by atoms with van der Waals surface area (Å²) in [6, 6.07) is 16.6. The van der Waals surface area contributed by atoms with Gasteiger partial charge in [0, 0.05) is 16.8 Å². The molecule has 1 N–H and O–H groups in total. The topological polar surface area (TPSA) is 78.3 Å². The van der Waals surface area contributed by atoms with Gasteiger partial charge < -0.3 is 14.8 Å². The third-order valence-electron chi connectivity index (χ3n) is 4.47. The van der Waals surface area contributed by atoms with Crippen LogP contribution in [-0.4, -0.2) is 40.6 Å². The molecule has 0 aliphatic carbocycles. The van der Waals surface area contributed by atoms with Crippen LogP contribution < -0.4 is 14.8 Å². The van der Waals surface area contributed by atoms with E-state index in [2.05, 4.69) is 15.5 Å². The van der Waals surface area contributed by atoms with Crippen LogP contribution in [0.2, 0.25) is 5.02 Å². The second-order valence-electron chi connectivity index (χ2n) is 6.50. The van der Waals surface area contributed by atoms with Crippen LogP contribution in [-0.2, 0) is 4.79 Å². The van der Waals surface area contributed by atoms with Crippen LogP contribution in [0.1, 0.15) is 0 Å². The number of ether oxygens (including phenoxy) is 2. The van der Waals surface area contributed by atoms with Gasteiger partial charge in [0.05, 0.1) is 30.5 Å². The molecule has 1 amide bonds. The number of benzene rings is 2. The molecular weight excluding hydrogens is 468 g/mol. The number of thioether (sulfide) groups is 1. The molecule has 0 fully saturated rings. The lowest BCUT2D eigenvalue weighted by atomic mass is 10.2. The molecule has 0 saturated carbocycles. The fourth-order valence-electron chi connectivity index (χ4n) is 2.97. The van der Waals surface area contributed by atoms with E-state index in [4.69, 9.17) is 21.1 Å². The summed E-state index contributed by atoms with van der Waals surface area (Å²) >= 11 is 8.93. The van der Waals surface area contributed by atoms with E-state index in [9.17, 15) is 4.79 Å². The van der Waals surface area contributed by atoms with Crippen molar-refractivity contribution in [1.29, 1.82) is 0 Å². The van der Waals surface area contributed by atoms with Gasteiger partial charge in [-0.05, 0) is 47.8 Å². The molecule has 2 heterocycles. The maximum absolute atomic E-state index is 12.6. The Morgan fingerprint density at radius 2 is 1.94 bits per heavy atom. The summed E-state index contributed by atoms with van der Waals surface area (Å²) in [5.41, 5.74) is 1.43. The van der Waals surface area contributed by atoms with Gasteiger partial charge in [0.2, 0.25) is 5.91 Å². The molecule has 4 aromatic rings. The van der Waals surface area contributed by atoms with E-state index in [1.54, 1.807) is 43.8 Å². The Hall–Kier alpha value is -3.01. The van der Waals surface area contributed by atoms with Crippen molar-refractivity contribution in [2.75, 3.05) is 25.3 Å². The zero-order valence-electron chi connectivity index (χ0n) is 17.2. The van der Waals surface area contributed by atoms with Crippen molar-refractivity contribution in [3.05, 3.63) is 65.0 Å². The molecule has 4 rings (SSSR count). The highest BCUT2D eigenvalue weighted by atomic mass is 35.5. The van der Waals surface area contributed by atoms with Crippen molar-refractivity contribution in [1.82, 2.24) is 14.8 Å². The molecule has 0 aliphatic rings. The second-order valence-corrected chi connectivity index (χ2v) is 8.83. The van der Waals surface area contributed by atoms with Gasteiger partial charge >= 0.3 is 0 Å². The van der Waals surface area contributed by atoms with Crippen molar-refractivity contribution >= 4 is 46.3 Å². The second kappa shape index (κ2) is 10.1. The summed E-state index contributed by atoms with van der Waals surface area (Å²) in [5, 5.41) is 14.8. The first-order valence-electron chi connectivity index (χ1n) is 9.49. The molecule has 10 heteroatoms. The lowest BCUT2D eigenvalue weighted by Crippen LogP contribution is -2.15. The number of carbonyl (C=O) groups is 1. The number of rotatable bonds is 8. The average Bonchev–Trinajstić information content (AvgIpc) is 3.48. The van der Waals surface area contributed by atoms with E-state index in [0.717, 1.165) is 10.6 Å². The molecule has 0 bridgehead atoms. The summed E-state index contributed by atoms with van der Waals surface area (Å²) in [7, 11) is 3.12. The SMILES string of the molecule is COc1ccc(NC(=O)CSc2nnc(-c3cccs3)n2-c2ccc(Cl)cc2)c(OC)c1. The van der Waals surface area contributed by atoms with Crippen LogP contribution in [0.15, 0.2) is 65.1 Å². The number of anilines is 1. The molecule has 0 saturated heterocycles. The molecule has 0 radical (unpaired) electrons. The monoisotopic (exact) mass is 486 g/mol. The summed E-state index contributed by atoms with van der Waals surface area (Å²) < 4.78 is 12.5. The molecular formula is C22H19ClN4O3S2. The Bertz CT molecular complexity index is 1210. The Morgan fingerprint density at radius 1 is 1.12 bits per heavy atom. The third-order valence-corrected chi connectivity index (χ3v) is 6.52. The highest BCUT2D eigenvalue weighted by Gasteiger charge is 2.18. The van der Waals surface area contributed by atoms with Crippen molar-refractivity contribution < 1.29 is 14.3 Å². The molecule has 2 aromatic carbocycles. The Kier molecular flexibility index (Phi) is 6.99. The van der Waals surface area contributed by atoms with Gasteiger partial charge in [-0.15, -0.1) is 21.5 Å². The summed E-state index contributed by atoms with van der Waals surface area (Å²) in [4.78, 5) is 13.6. The molecule has 0 unspecified atom stereocenters. The van der Waals surface area contributed by atoms with E-state index in [-0.39, 0.29) is 11.7 Å². The maximum atomic E-state index is 12.6. The summed E-state index contributed by atoms with van der Waals surface area (Å²) in [6.07, 6.45) is 0. The standard InChI is InChI=1S/C22H19ClN4O3S2/c1-29-16-9-10-17(18(12-16)30-2)24-20(28)13-32-22-26-25-21(19-4-3-11-31-19)27(22)15-7-5-14(23)6-8-15/h3-12H,13H2,1-2H3,(H,24,28). The molecule has 164 valence electrons. The Balaban J connectivity index is 1.55. The Labute approximate surface area is 198 Å². The zero-order chi connectivity index (χ0) is 22.5. The number of hydrogen-bond donors (Lipinski definition) is 1. The van der Waals surface area contributed by atoms with Crippen LogP contribution in [0.3, 0.4) is 0 Å². The van der Waals surface area contributed by atoms with Gasteiger partial charge in [0.15, 0.2) is 11.0 Å². The minimum atomic E-state index is -0.193. The predicted octanol–water partition coefficient (Wildman–Crippen LogP) is 5.40. The first-order chi connectivity index (χ1) is 15.6. The predicted molar refractivity (Wildman–Crippen MR) is 129 cm³/mol. The van der Waals surface area contributed by atoms with Gasteiger partial charge in [-0.1, -0.05) is 29.4 Å². The Morgan fingerprint density at radius 3 is 2.62 bits per heavy atom. The number of aromatic nitrogens is 3. The van der Waals surface area contributed by atoms with Crippen molar-refractivity contribution in [3.63, 3.8) is 0 Å². The summed E-state index contributed by atoms with van der Waals surface area (Å²) in [5.74, 6) is 1.83. The lowest BCUT2D eigenvalue weighted by molar-refractivity contribution is -0.113. The molecule has 0 aliphatic heterocycles. The van der Waals surface area contributed by atoms with Crippen molar-refractivity contribution in [2.45, 2.75) is 5.16 Å². The fraction of sp³-hybridized carbons (Fsp3) is 0.136. The van der Waals surface area contributed by atoms with Crippen molar-refractivity contribution in [2.24, 2.45) is 0 Å². The molecule has 32 heavy (non-hydrogen) atoms. The number of nitrogens with zero attached hydrogens (tertiary/aromatic N) is 3. The van der Waals surface area contributed by atoms with E-state index in [0.29, 0.717) is 33.2 Å². The normalized spacial score (nSPS) is 10.7. The minimum Gasteiger partial charge on any atom is -0.497 e. The first kappa shape index (κ1) is 22.2. The van der Waals surface area contributed by atoms with Crippen molar-refractivity contribution in [3.8, 4) is 27.9 Å². The van der Waals surface area contributed by atoms with Gasteiger partial charge in [-0.25, -0.2) is 0 Å². The molecule has 0 spiro atoms. The molecule has 7 nitrogen and oxygen atoms in total. The molecule has 0 atom stereocenters. The highest BCUT2D eigenvalue weighted by molar-refractivity contribution is 7.99. The average molecular weight is 487 g/mol. The first-order valence-corrected chi connectivity index (χ1v) is 11.7.